The van der Waals surface area contributed by atoms with Gasteiger partial charge in [-0.25, -0.2) is 0 Å². The molecular formula is C11H21NO4. The van der Waals surface area contributed by atoms with Gasteiger partial charge in [-0.05, 0) is 13.8 Å². The molecule has 0 bridgehead atoms. The van der Waals surface area contributed by atoms with Gasteiger partial charge in [0.15, 0.2) is 5.79 Å². The van der Waals surface area contributed by atoms with E-state index < -0.39 is 5.79 Å². The molecule has 1 heterocycles. The van der Waals surface area contributed by atoms with Crippen LogP contribution in [-0.4, -0.2) is 43.2 Å². The van der Waals surface area contributed by atoms with Crippen molar-refractivity contribution in [2.24, 2.45) is 5.92 Å². The van der Waals surface area contributed by atoms with Gasteiger partial charge in [0.1, 0.15) is 0 Å². The summed E-state index contributed by atoms with van der Waals surface area (Å²) in [5.41, 5.74) is 0. The van der Waals surface area contributed by atoms with Crippen molar-refractivity contribution in [2.75, 3.05) is 26.4 Å². The van der Waals surface area contributed by atoms with Crippen LogP contribution in [-0.2, 0) is 14.3 Å². The molecule has 1 unspecified atom stereocenters. The summed E-state index contributed by atoms with van der Waals surface area (Å²) in [5, 5.41) is 12.1. The normalized spacial score (nSPS) is 24.9. The molecule has 5 heteroatoms. The van der Waals surface area contributed by atoms with E-state index in [-0.39, 0.29) is 18.4 Å². The van der Waals surface area contributed by atoms with Gasteiger partial charge in [-0.1, -0.05) is 0 Å². The molecule has 0 aromatic heterocycles. The zero-order valence-electron chi connectivity index (χ0n) is 9.99. The Kier molecular flexibility index (Phi) is 5.18. The number of aliphatic hydroxyl groups excluding tert-OH is 1. The van der Waals surface area contributed by atoms with Crippen molar-refractivity contribution in [1.82, 2.24) is 5.32 Å². The molecule has 0 saturated carbocycles. The van der Waals surface area contributed by atoms with Crippen LogP contribution in [0, 0.1) is 5.92 Å². The highest BCUT2D eigenvalue weighted by Gasteiger charge is 2.42. The van der Waals surface area contributed by atoms with Gasteiger partial charge in [-0.3, -0.25) is 4.79 Å². The molecule has 94 valence electrons. The second-order valence-corrected chi connectivity index (χ2v) is 3.86. The summed E-state index contributed by atoms with van der Waals surface area (Å²) in [7, 11) is 0. The van der Waals surface area contributed by atoms with Gasteiger partial charge in [-0.15, -0.1) is 0 Å². The van der Waals surface area contributed by atoms with E-state index in [0.29, 0.717) is 32.6 Å². The number of amides is 1. The minimum atomic E-state index is -0.822. The first kappa shape index (κ1) is 13.4. The van der Waals surface area contributed by atoms with Gasteiger partial charge in [0.05, 0.1) is 12.5 Å². The largest absolute Gasteiger partial charge is 0.396 e. The van der Waals surface area contributed by atoms with Crippen molar-refractivity contribution in [3.05, 3.63) is 0 Å². The van der Waals surface area contributed by atoms with E-state index in [1.54, 1.807) is 0 Å². The fourth-order valence-corrected chi connectivity index (χ4v) is 2.09. The summed E-state index contributed by atoms with van der Waals surface area (Å²) in [6, 6.07) is 0. The lowest BCUT2D eigenvalue weighted by Crippen LogP contribution is -2.47. The van der Waals surface area contributed by atoms with Crippen molar-refractivity contribution in [3.63, 3.8) is 0 Å². The molecule has 1 aliphatic rings. The molecule has 5 nitrogen and oxygen atoms in total. The topological polar surface area (TPSA) is 67.8 Å². The monoisotopic (exact) mass is 231 g/mol. The highest BCUT2D eigenvalue weighted by Crippen LogP contribution is 2.30. The first-order chi connectivity index (χ1) is 7.68. The highest BCUT2D eigenvalue weighted by molar-refractivity contribution is 5.76. The molecule has 1 amide bonds. The third-order valence-corrected chi connectivity index (χ3v) is 2.87. The lowest BCUT2D eigenvalue weighted by molar-refractivity contribution is -0.268. The summed E-state index contributed by atoms with van der Waals surface area (Å²) < 4.78 is 11.3. The van der Waals surface area contributed by atoms with Crippen LogP contribution >= 0.6 is 0 Å². The van der Waals surface area contributed by atoms with E-state index in [1.807, 2.05) is 13.8 Å². The Hall–Kier alpha value is -0.650. The molecule has 0 aliphatic carbocycles. The Morgan fingerprint density at radius 1 is 1.44 bits per heavy atom. The second kappa shape index (κ2) is 6.18. The molecular weight excluding hydrogens is 210 g/mol. The summed E-state index contributed by atoms with van der Waals surface area (Å²) in [6.45, 7) is 5.12. The Labute approximate surface area is 96.1 Å². The predicted molar refractivity (Wildman–Crippen MR) is 58.8 cm³/mol. The Morgan fingerprint density at radius 3 is 2.56 bits per heavy atom. The Balaban J connectivity index is 2.84. The van der Waals surface area contributed by atoms with Crippen LogP contribution in [0.2, 0.25) is 0 Å². The van der Waals surface area contributed by atoms with Gasteiger partial charge >= 0.3 is 0 Å². The third kappa shape index (κ3) is 2.93. The van der Waals surface area contributed by atoms with E-state index in [2.05, 4.69) is 5.32 Å². The predicted octanol–water partition coefficient (Wildman–Crippen LogP) is 0.274. The number of carbonyl (C=O) groups is 1. The number of ether oxygens (including phenoxy) is 2. The number of carbonyl (C=O) groups excluding carboxylic acids is 1. The minimum absolute atomic E-state index is 0.0141. The highest BCUT2D eigenvalue weighted by atomic mass is 16.7. The maximum absolute atomic E-state index is 11.3. The number of rotatable bonds is 5. The first-order valence-corrected chi connectivity index (χ1v) is 5.84. The fraction of sp³-hybridized carbons (Fsp3) is 0.909. The van der Waals surface area contributed by atoms with Crippen LogP contribution in [0.25, 0.3) is 0 Å². The molecule has 1 fully saturated rings. The van der Waals surface area contributed by atoms with Crippen molar-refractivity contribution in [2.45, 2.75) is 32.5 Å². The van der Waals surface area contributed by atoms with E-state index in [4.69, 9.17) is 9.47 Å². The molecule has 2 N–H and O–H groups in total. The lowest BCUT2D eigenvalue weighted by atomic mass is 9.95. The van der Waals surface area contributed by atoms with Crippen LogP contribution < -0.4 is 5.32 Å². The van der Waals surface area contributed by atoms with E-state index in [9.17, 15) is 9.90 Å². The molecule has 0 spiro atoms. The van der Waals surface area contributed by atoms with Crippen molar-refractivity contribution in [3.8, 4) is 0 Å². The summed E-state index contributed by atoms with van der Waals surface area (Å²) >= 11 is 0. The molecule has 0 aromatic carbocycles. The van der Waals surface area contributed by atoms with E-state index in [0.717, 1.165) is 0 Å². The fourth-order valence-electron chi connectivity index (χ4n) is 2.09. The zero-order valence-corrected chi connectivity index (χ0v) is 9.99. The Morgan fingerprint density at radius 2 is 2.06 bits per heavy atom. The number of hydrogen-bond acceptors (Lipinski definition) is 4. The number of nitrogens with one attached hydrogen (secondary N) is 1. The van der Waals surface area contributed by atoms with Gasteiger partial charge in [0.25, 0.3) is 0 Å². The van der Waals surface area contributed by atoms with Crippen LogP contribution in [0.15, 0.2) is 0 Å². The molecule has 1 atom stereocenters. The number of aliphatic hydroxyl groups is 1. The maximum Gasteiger partial charge on any atom is 0.220 e. The number of hydrogen-bond donors (Lipinski definition) is 2. The molecule has 1 rings (SSSR count). The van der Waals surface area contributed by atoms with Crippen molar-refractivity contribution < 1.29 is 19.4 Å². The maximum atomic E-state index is 11.3. The van der Waals surface area contributed by atoms with Crippen LogP contribution in [0.1, 0.15) is 26.7 Å². The average molecular weight is 231 g/mol. The van der Waals surface area contributed by atoms with E-state index in [1.165, 1.54) is 0 Å². The van der Waals surface area contributed by atoms with E-state index >= 15 is 0 Å². The second-order valence-electron chi connectivity index (χ2n) is 3.86. The smallest absolute Gasteiger partial charge is 0.220 e. The summed E-state index contributed by atoms with van der Waals surface area (Å²) in [5.74, 6) is -1.05. The van der Waals surface area contributed by atoms with Crippen molar-refractivity contribution >= 4 is 5.91 Å². The molecule has 1 aliphatic heterocycles. The standard InChI is InChI=1S/C11H21NO4/c1-3-15-11(16-4-2)6-5-10(14)12-7-9(11)8-13/h9,13H,3-8H2,1-2H3,(H,12,14). The molecule has 1 saturated heterocycles. The molecule has 0 aromatic rings. The molecule has 0 radical (unpaired) electrons. The van der Waals surface area contributed by atoms with Crippen molar-refractivity contribution in [1.29, 1.82) is 0 Å². The van der Waals surface area contributed by atoms with Crippen LogP contribution in [0.4, 0.5) is 0 Å². The minimum Gasteiger partial charge on any atom is -0.396 e. The zero-order chi connectivity index (χ0) is 12.0. The van der Waals surface area contributed by atoms with Gasteiger partial charge in [-0.2, -0.15) is 0 Å². The van der Waals surface area contributed by atoms with Gasteiger partial charge in [0, 0.05) is 32.6 Å². The van der Waals surface area contributed by atoms with Crippen LogP contribution in [0.3, 0.4) is 0 Å². The molecule has 16 heavy (non-hydrogen) atoms. The third-order valence-electron chi connectivity index (χ3n) is 2.87. The average Bonchev–Trinajstić information content (AvgIpc) is 2.41. The quantitative estimate of drug-likeness (QED) is 0.667. The first-order valence-electron chi connectivity index (χ1n) is 5.84. The summed E-state index contributed by atoms with van der Waals surface area (Å²) in [6.07, 6.45) is 0.863. The Bertz CT molecular complexity index is 226. The van der Waals surface area contributed by atoms with Gasteiger partial charge in [0.2, 0.25) is 5.91 Å². The lowest BCUT2D eigenvalue weighted by Gasteiger charge is -2.37. The SMILES string of the molecule is CCOC1(OCC)CCC(=O)NCC1CO. The summed E-state index contributed by atoms with van der Waals surface area (Å²) in [4.78, 5) is 11.3. The van der Waals surface area contributed by atoms with Gasteiger partial charge < -0.3 is 19.9 Å². The van der Waals surface area contributed by atoms with Crippen LogP contribution in [0.5, 0.6) is 0 Å².